The average molecular weight is 240 g/mol. The second-order valence-electron chi connectivity index (χ2n) is 4.83. The fourth-order valence-corrected chi connectivity index (χ4v) is 2.79. The monoisotopic (exact) mass is 240 g/mol. The van der Waals surface area contributed by atoms with Crippen LogP contribution in [0.4, 0.5) is 0 Å². The molecule has 0 bridgehead atoms. The van der Waals surface area contributed by atoms with Crippen molar-refractivity contribution in [2.75, 3.05) is 7.05 Å². The molecule has 1 aliphatic rings. The second-order valence-corrected chi connectivity index (χ2v) is 4.83. The number of aryl methyl sites for hydroxylation is 2. The molecule has 1 aromatic carbocycles. The van der Waals surface area contributed by atoms with Crippen LogP contribution in [0.25, 0.3) is 10.9 Å². The number of fused-ring (bicyclic) bond motifs is 2. The van der Waals surface area contributed by atoms with Crippen molar-refractivity contribution >= 4 is 16.8 Å². The van der Waals surface area contributed by atoms with E-state index in [1.54, 1.807) is 7.05 Å². The van der Waals surface area contributed by atoms with Crippen LogP contribution in [-0.4, -0.2) is 17.9 Å². The number of carbonyl (C=O) groups is 1. The van der Waals surface area contributed by atoms with E-state index in [1.165, 1.54) is 28.6 Å². The number of nitrogens with one attached hydrogen (secondary N) is 1. The molecule has 1 amide bonds. The maximum Gasteiger partial charge on any atom is 0.251 e. The Balaban J connectivity index is 2.23. The standard InChI is InChI=1S/C15H16N2O/c1-9-11-4-3-5-13(11)17-14-8-10(15(18)16-2)6-7-12(9)14/h6-8H,3-5H2,1-2H3,(H,16,18). The number of pyridine rings is 1. The lowest BCUT2D eigenvalue weighted by Crippen LogP contribution is -2.17. The van der Waals surface area contributed by atoms with Crippen molar-refractivity contribution in [2.45, 2.75) is 26.2 Å². The van der Waals surface area contributed by atoms with Gasteiger partial charge in [-0.25, -0.2) is 0 Å². The first-order valence-corrected chi connectivity index (χ1v) is 6.35. The minimum Gasteiger partial charge on any atom is -0.355 e. The molecule has 1 heterocycles. The Morgan fingerprint density at radius 3 is 2.94 bits per heavy atom. The predicted molar refractivity (Wildman–Crippen MR) is 71.9 cm³/mol. The minimum absolute atomic E-state index is 0.0585. The van der Waals surface area contributed by atoms with Crippen molar-refractivity contribution < 1.29 is 4.79 Å². The lowest BCUT2D eigenvalue weighted by Gasteiger charge is -2.09. The Hall–Kier alpha value is -1.90. The zero-order chi connectivity index (χ0) is 12.7. The molecule has 1 aromatic heterocycles. The quantitative estimate of drug-likeness (QED) is 0.831. The maximum absolute atomic E-state index is 11.6. The lowest BCUT2D eigenvalue weighted by molar-refractivity contribution is 0.0963. The van der Waals surface area contributed by atoms with E-state index in [4.69, 9.17) is 4.98 Å². The molecule has 0 unspecified atom stereocenters. The number of nitrogens with zero attached hydrogens (tertiary/aromatic N) is 1. The van der Waals surface area contributed by atoms with Gasteiger partial charge in [0.15, 0.2) is 0 Å². The van der Waals surface area contributed by atoms with E-state index in [-0.39, 0.29) is 5.91 Å². The number of hydrogen-bond acceptors (Lipinski definition) is 2. The van der Waals surface area contributed by atoms with Crippen LogP contribution >= 0.6 is 0 Å². The van der Waals surface area contributed by atoms with Gasteiger partial charge in [0.05, 0.1) is 5.52 Å². The van der Waals surface area contributed by atoms with Crippen LogP contribution in [0.15, 0.2) is 18.2 Å². The molecule has 1 aliphatic carbocycles. The van der Waals surface area contributed by atoms with E-state index in [0.717, 1.165) is 18.4 Å². The van der Waals surface area contributed by atoms with Gasteiger partial charge in [0.25, 0.3) is 5.91 Å². The van der Waals surface area contributed by atoms with E-state index < -0.39 is 0 Å². The van der Waals surface area contributed by atoms with Crippen molar-refractivity contribution in [1.82, 2.24) is 10.3 Å². The molecule has 92 valence electrons. The summed E-state index contributed by atoms with van der Waals surface area (Å²) in [6, 6.07) is 5.78. The van der Waals surface area contributed by atoms with Gasteiger partial charge in [-0.1, -0.05) is 6.07 Å². The Morgan fingerprint density at radius 1 is 1.33 bits per heavy atom. The molecule has 0 saturated carbocycles. The highest BCUT2D eigenvalue weighted by atomic mass is 16.1. The molecule has 0 spiro atoms. The molecular formula is C15H16N2O. The molecule has 0 radical (unpaired) electrons. The van der Waals surface area contributed by atoms with Gasteiger partial charge in [-0.3, -0.25) is 9.78 Å². The molecule has 0 saturated heterocycles. The first kappa shape index (κ1) is 11.2. The molecular weight excluding hydrogens is 224 g/mol. The molecule has 3 heteroatoms. The van der Waals surface area contributed by atoms with E-state index in [1.807, 2.05) is 18.2 Å². The van der Waals surface area contributed by atoms with E-state index in [9.17, 15) is 4.79 Å². The summed E-state index contributed by atoms with van der Waals surface area (Å²) in [7, 11) is 1.65. The normalized spacial score (nSPS) is 13.7. The zero-order valence-corrected chi connectivity index (χ0v) is 10.7. The molecule has 18 heavy (non-hydrogen) atoms. The molecule has 0 atom stereocenters. The zero-order valence-electron chi connectivity index (χ0n) is 10.7. The summed E-state index contributed by atoms with van der Waals surface area (Å²) in [6.45, 7) is 2.16. The van der Waals surface area contributed by atoms with Gasteiger partial charge in [-0.15, -0.1) is 0 Å². The van der Waals surface area contributed by atoms with Gasteiger partial charge in [0.1, 0.15) is 0 Å². The van der Waals surface area contributed by atoms with Crippen LogP contribution in [0.2, 0.25) is 0 Å². The third-order valence-corrected chi connectivity index (χ3v) is 3.79. The van der Waals surface area contributed by atoms with Crippen molar-refractivity contribution in [3.8, 4) is 0 Å². The highest BCUT2D eigenvalue weighted by Crippen LogP contribution is 2.29. The molecule has 3 rings (SSSR count). The van der Waals surface area contributed by atoms with Crippen molar-refractivity contribution in [1.29, 1.82) is 0 Å². The fraction of sp³-hybridized carbons (Fsp3) is 0.333. The smallest absolute Gasteiger partial charge is 0.251 e. The summed E-state index contributed by atoms with van der Waals surface area (Å²) in [4.78, 5) is 16.4. The highest BCUT2D eigenvalue weighted by Gasteiger charge is 2.17. The number of hydrogen-bond donors (Lipinski definition) is 1. The summed E-state index contributed by atoms with van der Waals surface area (Å²) in [6.07, 6.45) is 3.40. The number of carbonyl (C=O) groups excluding carboxylic acids is 1. The number of benzene rings is 1. The Morgan fingerprint density at radius 2 is 2.17 bits per heavy atom. The fourth-order valence-electron chi connectivity index (χ4n) is 2.79. The van der Waals surface area contributed by atoms with Crippen LogP contribution < -0.4 is 5.32 Å². The van der Waals surface area contributed by atoms with Crippen molar-refractivity contribution in [3.05, 3.63) is 40.6 Å². The maximum atomic E-state index is 11.6. The molecule has 1 N–H and O–H groups in total. The van der Waals surface area contributed by atoms with Gasteiger partial charge in [-0.05, 0) is 49.4 Å². The summed E-state index contributed by atoms with van der Waals surface area (Å²) in [5, 5.41) is 3.82. The van der Waals surface area contributed by atoms with Crippen LogP contribution in [-0.2, 0) is 12.8 Å². The van der Waals surface area contributed by atoms with Crippen LogP contribution in [0, 0.1) is 6.92 Å². The topological polar surface area (TPSA) is 42.0 Å². The third-order valence-electron chi connectivity index (χ3n) is 3.79. The van der Waals surface area contributed by atoms with Gasteiger partial charge in [0, 0.05) is 23.7 Å². The number of rotatable bonds is 1. The van der Waals surface area contributed by atoms with Crippen molar-refractivity contribution in [2.24, 2.45) is 0 Å². The van der Waals surface area contributed by atoms with Crippen LogP contribution in [0.5, 0.6) is 0 Å². The van der Waals surface area contributed by atoms with Crippen LogP contribution in [0.1, 0.15) is 33.6 Å². The highest BCUT2D eigenvalue weighted by molar-refractivity contribution is 5.98. The van der Waals surface area contributed by atoms with Gasteiger partial charge in [0.2, 0.25) is 0 Å². The third kappa shape index (κ3) is 1.58. The van der Waals surface area contributed by atoms with E-state index >= 15 is 0 Å². The van der Waals surface area contributed by atoms with E-state index in [2.05, 4.69) is 12.2 Å². The van der Waals surface area contributed by atoms with Gasteiger partial charge < -0.3 is 5.32 Å². The summed E-state index contributed by atoms with van der Waals surface area (Å²) >= 11 is 0. The molecule has 2 aromatic rings. The van der Waals surface area contributed by atoms with Gasteiger partial charge >= 0.3 is 0 Å². The Labute approximate surface area is 106 Å². The first-order valence-electron chi connectivity index (χ1n) is 6.35. The Kier molecular flexibility index (Phi) is 2.54. The van der Waals surface area contributed by atoms with E-state index in [0.29, 0.717) is 5.56 Å². The average Bonchev–Trinajstić information content (AvgIpc) is 2.86. The lowest BCUT2D eigenvalue weighted by atomic mass is 10.0. The SMILES string of the molecule is CNC(=O)c1ccc2c(C)c3c(nc2c1)CCC3. The number of amides is 1. The summed E-state index contributed by atoms with van der Waals surface area (Å²) in [5.41, 5.74) is 5.57. The van der Waals surface area contributed by atoms with Crippen LogP contribution in [0.3, 0.4) is 0 Å². The first-order chi connectivity index (χ1) is 8.70. The predicted octanol–water partition coefficient (Wildman–Crippen LogP) is 2.39. The summed E-state index contributed by atoms with van der Waals surface area (Å²) < 4.78 is 0. The molecule has 0 aliphatic heterocycles. The minimum atomic E-state index is -0.0585. The molecule has 3 nitrogen and oxygen atoms in total. The number of aromatic nitrogens is 1. The largest absolute Gasteiger partial charge is 0.355 e. The Bertz CT molecular complexity index is 646. The molecule has 0 fully saturated rings. The second kappa shape index (κ2) is 4.09. The van der Waals surface area contributed by atoms with Gasteiger partial charge in [-0.2, -0.15) is 0 Å². The van der Waals surface area contributed by atoms with Crippen molar-refractivity contribution in [3.63, 3.8) is 0 Å². The summed E-state index contributed by atoms with van der Waals surface area (Å²) in [5.74, 6) is -0.0585.